The van der Waals surface area contributed by atoms with Crippen LogP contribution in [0.1, 0.15) is 33.1 Å². The number of nitrogens with zero attached hydrogens (tertiary/aromatic N) is 1. The van der Waals surface area contributed by atoms with Gasteiger partial charge >= 0.3 is 0 Å². The summed E-state index contributed by atoms with van der Waals surface area (Å²) in [6, 6.07) is 10.3. The second-order valence-electron chi connectivity index (χ2n) is 5.72. The Hall–Kier alpha value is -1.61. The van der Waals surface area contributed by atoms with Crippen LogP contribution in [0, 0.1) is 5.41 Å². The number of aromatic nitrogens is 1. The highest BCUT2D eigenvalue weighted by atomic mass is 16.5. The van der Waals surface area contributed by atoms with Gasteiger partial charge in [0.25, 0.3) is 0 Å². The van der Waals surface area contributed by atoms with E-state index in [1.54, 1.807) is 0 Å². The van der Waals surface area contributed by atoms with E-state index >= 15 is 0 Å². The van der Waals surface area contributed by atoms with Gasteiger partial charge in [-0.15, -0.1) is 0 Å². The molecule has 1 heterocycles. The molecule has 3 nitrogen and oxygen atoms in total. The lowest BCUT2D eigenvalue weighted by atomic mass is 9.59. The molecule has 0 bridgehead atoms. The maximum atomic E-state index is 6.31. The first kappa shape index (κ1) is 13.4. The summed E-state index contributed by atoms with van der Waals surface area (Å²) in [5, 5.41) is 1.08. The molecule has 0 radical (unpaired) electrons. The Labute approximate surface area is 120 Å². The highest BCUT2D eigenvalue weighted by Gasteiger charge is 2.52. The quantitative estimate of drug-likeness (QED) is 0.924. The van der Waals surface area contributed by atoms with Crippen molar-refractivity contribution in [2.24, 2.45) is 11.1 Å². The van der Waals surface area contributed by atoms with Gasteiger partial charge in [0.2, 0.25) is 0 Å². The average Bonchev–Trinajstić information content (AvgIpc) is 2.48. The summed E-state index contributed by atoms with van der Waals surface area (Å²) in [6.45, 7) is 4.42. The minimum absolute atomic E-state index is 0.129. The number of fused-ring (bicyclic) bond motifs is 1. The van der Waals surface area contributed by atoms with E-state index in [2.05, 4.69) is 24.9 Å². The van der Waals surface area contributed by atoms with Crippen LogP contribution in [0.4, 0.5) is 0 Å². The summed E-state index contributed by atoms with van der Waals surface area (Å²) in [4.78, 5) is 4.38. The van der Waals surface area contributed by atoms with E-state index in [0.717, 1.165) is 35.9 Å². The van der Waals surface area contributed by atoms with E-state index in [1.165, 1.54) is 0 Å². The SMILES string of the molecule is CCC1(CC)C(N)CC1Oc1cccc2ncccc12. The number of benzene rings is 1. The fourth-order valence-electron chi connectivity index (χ4n) is 3.50. The molecule has 2 unspecified atom stereocenters. The van der Waals surface area contributed by atoms with Crippen molar-refractivity contribution in [1.29, 1.82) is 0 Å². The molecule has 3 rings (SSSR count). The third-order valence-electron chi connectivity index (χ3n) is 5.04. The maximum absolute atomic E-state index is 6.31. The summed E-state index contributed by atoms with van der Waals surface area (Å²) < 4.78 is 6.31. The van der Waals surface area contributed by atoms with Gasteiger partial charge in [0.1, 0.15) is 11.9 Å². The zero-order valence-electron chi connectivity index (χ0n) is 12.2. The molecule has 1 saturated carbocycles. The number of pyridine rings is 1. The first-order valence-electron chi connectivity index (χ1n) is 7.47. The lowest BCUT2D eigenvalue weighted by Crippen LogP contribution is -2.62. The van der Waals surface area contributed by atoms with Crippen LogP contribution < -0.4 is 10.5 Å². The first-order valence-corrected chi connectivity index (χ1v) is 7.47. The number of hydrogen-bond donors (Lipinski definition) is 1. The van der Waals surface area contributed by atoms with E-state index in [0.29, 0.717) is 0 Å². The molecule has 0 spiro atoms. The van der Waals surface area contributed by atoms with Crippen molar-refractivity contribution in [2.45, 2.75) is 45.3 Å². The van der Waals surface area contributed by atoms with Crippen LogP contribution in [0.25, 0.3) is 10.9 Å². The summed E-state index contributed by atoms with van der Waals surface area (Å²) in [5.74, 6) is 0.929. The smallest absolute Gasteiger partial charge is 0.129 e. The average molecular weight is 270 g/mol. The standard InChI is InChI=1S/C17H22N2O/c1-3-17(4-2)15(18)11-16(17)20-14-9-5-8-13-12(14)7-6-10-19-13/h5-10,15-16H,3-4,11,18H2,1-2H3. The van der Waals surface area contributed by atoms with Gasteiger partial charge < -0.3 is 10.5 Å². The van der Waals surface area contributed by atoms with Crippen molar-refractivity contribution in [3.8, 4) is 5.75 Å². The third kappa shape index (κ3) is 1.88. The van der Waals surface area contributed by atoms with Gasteiger partial charge in [0.15, 0.2) is 0 Å². The van der Waals surface area contributed by atoms with E-state index in [1.807, 2.05) is 30.5 Å². The van der Waals surface area contributed by atoms with Crippen molar-refractivity contribution >= 4 is 10.9 Å². The molecular weight excluding hydrogens is 248 g/mol. The second kappa shape index (κ2) is 5.06. The summed E-state index contributed by atoms with van der Waals surface area (Å²) in [5.41, 5.74) is 7.35. The fraction of sp³-hybridized carbons (Fsp3) is 0.471. The van der Waals surface area contributed by atoms with Crippen LogP contribution in [0.5, 0.6) is 5.75 Å². The molecule has 20 heavy (non-hydrogen) atoms. The van der Waals surface area contributed by atoms with E-state index in [-0.39, 0.29) is 17.6 Å². The van der Waals surface area contributed by atoms with Gasteiger partial charge in [-0.1, -0.05) is 19.9 Å². The minimum Gasteiger partial charge on any atom is -0.489 e. The Kier molecular flexibility index (Phi) is 3.38. The molecule has 1 fully saturated rings. The summed E-state index contributed by atoms with van der Waals surface area (Å²) >= 11 is 0. The Morgan fingerprint density at radius 3 is 2.75 bits per heavy atom. The van der Waals surface area contributed by atoms with E-state index < -0.39 is 0 Å². The molecular formula is C17H22N2O. The number of nitrogens with two attached hydrogens (primary N) is 1. The predicted molar refractivity (Wildman–Crippen MR) is 81.8 cm³/mol. The van der Waals surface area contributed by atoms with Gasteiger partial charge in [-0.3, -0.25) is 4.98 Å². The molecule has 1 aromatic heterocycles. The van der Waals surface area contributed by atoms with Gasteiger partial charge in [-0.25, -0.2) is 0 Å². The zero-order valence-corrected chi connectivity index (χ0v) is 12.2. The molecule has 1 aliphatic rings. The number of ether oxygens (including phenoxy) is 1. The van der Waals surface area contributed by atoms with Gasteiger partial charge in [0.05, 0.1) is 5.52 Å². The van der Waals surface area contributed by atoms with Gasteiger partial charge in [-0.2, -0.15) is 0 Å². The van der Waals surface area contributed by atoms with Gasteiger partial charge in [-0.05, 0) is 37.1 Å². The van der Waals surface area contributed by atoms with Crippen LogP contribution >= 0.6 is 0 Å². The molecule has 3 heteroatoms. The van der Waals surface area contributed by atoms with Crippen LogP contribution in [-0.2, 0) is 0 Å². The van der Waals surface area contributed by atoms with E-state index in [4.69, 9.17) is 10.5 Å². The zero-order chi connectivity index (χ0) is 14.2. The molecule has 0 aliphatic heterocycles. The Bertz CT molecular complexity index is 601. The molecule has 106 valence electrons. The first-order chi connectivity index (χ1) is 9.71. The molecule has 2 N–H and O–H groups in total. The Morgan fingerprint density at radius 1 is 1.25 bits per heavy atom. The maximum Gasteiger partial charge on any atom is 0.129 e. The van der Waals surface area contributed by atoms with E-state index in [9.17, 15) is 0 Å². The highest BCUT2D eigenvalue weighted by Crippen LogP contribution is 2.48. The number of rotatable bonds is 4. The lowest BCUT2D eigenvalue weighted by Gasteiger charge is -2.53. The van der Waals surface area contributed by atoms with Crippen LogP contribution in [0.15, 0.2) is 36.5 Å². The third-order valence-corrected chi connectivity index (χ3v) is 5.04. The van der Waals surface area contributed by atoms with Crippen LogP contribution in [-0.4, -0.2) is 17.1 Å². The van der Waals surface area contributed by atoms with Crippen molar-refractivity contribution in [1.82, 2.24) is 4.98 Å². The molecule has 0 saturated heterocycles. The van der Waals surface area contributed by atoms with Crippen molar-refractivity contribution in [2.75, 3.05) is 0 Å². The highest BCUT2D eigenvalue weighted by molar-refractivity contribution is 5.84. The number of hydrogen-bond acceptors (Lipinski definition) is 3. The Morgan fingerprint density at radius 2 is 2.05 bits per heavy atom. The van der Waals surface area contributed by atoms with Crippen LogP contribution in [0.3, 0.4) is 0 Å². The lowest BCUT2D eigenvalue weighted by molar-refractivity contribution is -0.0715. The normalized spacial score (nSPS) is 24.4. The topological polar surface area (TPSA) is 48.1 Å². The predicted octanol–water partition coefficient (Wildman–Crippen LogP) is 3.52. The Balaban J connectivity index is 1.91. The fourth-order valence-corrected chi connectivity index (χ4v) is 3.50. The minimum atomic E-state index is 0.129. The van der Waals surface area contributed by atoms with Gasteiger partial charge in [0, 0.05) is 29.5 Å². The van der Waals surface area contributed by atoms with Crippen molar-refractivity contribution < 1.29 is 4.74 Å². The second-order valence-corrected chi connectivity index (χ2v) is 5.72. The molecule has 2 aromatic rings. The molecule has 1 aromatic carbocycles. The summed E-state index contributed by atoms with van der Waals surface area (Å²) in [6.07, 6.45) is 5.11. The summed E-state index contributed by atoms with van der Waals surface area (Å²) in [7, 11) is 0. The molecule has 2 atom stereocenters. The van der Waals surface area contributed by atoms with Crippen LogP contribution in [0.2, 0.25) is 0 Å². The van der Waals surface area contributed by atoms with Crippen molar-refractivity contribution in [3.63, 3.8) is 0 Å². The largest absolute Gasteiger partial charge is 0.489 e. The van der Waals surface area contributed by atoms with Crippen molar-refractivity contribution in [3.05, 3.63) is 36.5 Å². The molecule has 1 aliphatic carbocycles. The monoisotopic (exact) mass is 270 g/mol. The molecule has 0 amide bonds.